The Morgan fingerprint density at radius 2 is 2.00 bits per heavy atom. The molecule has 0 amide bonds. The molecule has 0 heterocycles. The molecule has 2 aliphatic rings. The summed E-state index contributed by atoms with van der Waals surface area (Å²) in [7, 11) is 0. The third-order valence-corrected chi connectivity index (χ3v) is 4.34. The predicted octanol–water partition coefficient (Wildman–Crippen LogP) is 1.71. The van der Waals surface area contributed by atoms with E-state index in [2.05, 4.69) is 16.9 Å². The Bertz CT molecular complexity index is 369. The fraction of sp³-hybridized carbons (Fsp3) is 0.833. The van der Waals surface area contributed by atoms with Crippen LogP contribution in [0.1, 0.15) is 26.2 Å². The van der Waals surface area contributed by atoms with Gasteiger partial charge in [0.25, 0.3) is 0 Å². The van der Waals surface area contributed by atoms with Gasteiger partial charge in [-0.2, -0.15) is 0 Å². The van der Waals surface area contributed by atoms with Crippen LogP contribution < -0.4 is 0 Å². The average molecular weight is 220 g/mol. The lowest BCUT2D eigenvalue weighted by molar-refractivity contribution is 0.142. The van der Waals surface area contributed by atoms with Crippen LogP contribution in [0, 0.1) is 23.2 Å². The Morgan fingerprint density at radius 3 is 2.62 bits per heavy atom. The van der Waals surface area contributed by atoms with Crippen LogP contribution >= 0.6 is 0 Å². The molecule has 4 nitrogen and oxygen atoms in total. The zero-order valence-electron chi connectivity index (χ0n) is 9.48. The van der Waals surface area contributed by atoms with Gasteiger partial charge in [0.1, 0.15) is 0 Å². The summed E-state index contributed by atoms with van der Waals surface area (Å²) in [5, 5.41) is 0. The van der Waals surface area contributed by atoms with Gasteiger partial charge in [0.2, 0.25) is 12.2 Å². The first-order valence-corrected chi connectivity index (χ1v) is 5.77. The second-order valence-electron chi connectivity index (χ2n) is 5.40. The molecule has 0 saturated heterocycles. The van der Waals surface area contributed by atoms with Gasteiger partial charge in [0, 0.05) is 0 Å². The number of fused-ring (bicyclic) bond motifs is 2. The van der Waals surface area contributed by atoms with E-state index in [4.69, 9.17) is 0 Å². The fourth-order valence-electron chi connectivity index (χ4n) is 3.82. The maximum atomic E-state index is 10.2. The average Bonchev–Trinajstić information content (AvgIpc) is 2.80. The van der Waals surface area contributed by atoms with Gasteiger partial charge in [-0.3, -0.25) is 0 Å². The molecule has 0 N–H and O–H groups in total. The summed E-state index contributed by atoms with van der Waals surface area (Å²) < 4.78 is 0. The Labute approximate surface area is 94.9 Å². The molecule has 2 fully saturated rings. The van der Waals surface area contributed by atoms with E-state index < -0.39 is 0 Å². The molecular formula is C12H16N2O2. The van der Waals surface area contributed by atoms with Crippen LogP contribution in [0.4, 0.5) is 0 Å². The van der Waals surface area contributed by atoms with Crippen molar-refractivity contribution in [3.05, 3.63) is 0 Å². The molecule has 2 rings (SSSR count). The van der Waals surface area contributed by atoms with Crippen molar-refractivity contribution in [3.63, 3.8) is 0 Å². The van der Waals surface area contributed by atoms with Gasteiger partial charge in [-0.1, -0.05) is 6.92 Å². The lowest BCUT2D eigenvalue weighted by atomic mass is 9.69. The van der Waals surface area contributed by atoms with Gasteiger partial charge < -0.3 is 0 Å². The lowest BCUT2D eigenvalue weighted by Gasteiger charge is -2.36. The molecule has 4 heteroatoms. The summed E-state index contributed by atoms with van der Waals surface area (Å²) in [4.78, 5) is 27.8. The van der Waals surface area contributed by atoms with Crippen LogP contribution in [0.3, 0.4) is 0 Å². The van der Waals surface area contributed by atoms with Gasteiger partial charge in [-0.15, -0.1) is 0 Å². The van der Waals surface area contributed by atoms with E-state index >= 15 is 0 Å². The zero-order valence-corrected chi connectivity index (χ0v) is 9.48. The molecule has 2 saturated carbocycles. The van der Waals surface area contributed by atoms with Crippen LogP contribution in [-0.4, -0.2) is 25.2 Å². The van der Waals surface area contributed by atoms with Crippen molar-refractivity contribution < 1.29 is 9.59 Å². The summed E-state index contributed by atoms with van der Waals surface area (Å²) in [6, 6.07) is 0. The lowest BCUT2D eigenvalue weighted by Crippen LogP contribution is -2.34. The predicted molar refractivity (Wildman–Crippen MR) is 58.4 cm³/mol. The summed E-state index contributed by atoms with van der Waals surface area (Å²) in [5.74, 6) is 1.75. The molecule has 4 atom stereocenters. The first kappa shape index (κ1) is 11.3. The molecule has 86 valence electrons. The molecule has 4 unspecified atom stereocenters. The Hall–Kier alpha value is -1.24. The monoisotopic (exact) mass is 220 g/mol. The van der Waals surface area contributed by atoms with Gasteiger partial charge in [0.15, 0.2) is 0 Å². The highest BCUT2D eigenvalue weighted by Crippen LogP contribution is 2.58. The SMILES string of the molecule is CC1(CN=C=O)CC2CC(CN=C=O)C1C2. The molecular weight excluding hydrogens is 204 g/mol. The molecule has 0 aromatic heterocycles. The minimum absolute atomic E-state index is 0.114. The standard InChI is InChI=1S/C12H16N2O2/c1-12(6-14-8-16)4-9-2-10(5-13-7-15)11(12)3-9/h9-11H,2-6H2,1H3. The van der Waals surface area contributed by atoms with E-state index in [0.717, 1.165) is 18.8 Å². The Morgan fingerprint density at radius 1 is 1.25 bits per heavy atom. The first-order chi connectivity index (χ1) is 7.69. The van der Waals surface area contributed by atoms with Gasteiger partial charge in [-0.25, -0.2) is 19.6 Å². The largest absolute Gasteiger partial charge is 0.234 e. The van der Waals surface area contributed by atoms with Crippen molar-refractivity contribution in [3.8, 4) is 0 Å². The summed E-state index contributed by atoms with van der Waals surface area (Å²) >= 11 is 0. The second kappa shape index (κ2) is 4.32. The maximum absolute atomic E-state index is 10.2. The second-order valence-corrected chi connectivity index (χ2v) is 5.40. The molecule has 0 aromatic rings. The number of nitrogens with zero attached hydrogens (tertiary/aromatic N) is 2. The summed E-state index contributed by atoms with van der Waals surface area (Å²) in [6.07, 6.45) is 6.74. The third-order valence-electron chi connectivity index (χ3n) is 4.34. The van der Waals surface area contributed by atoms with Crippen LogP contribution in [0.25, 0.3) is 0 Å². The highest BCUT2D eigenvalue weighted by atomic mass is 16.1. The molecule has 2 bridgehead atoms. The highest BCUT2D eigenvalue weighted by molar-refractivity contribution is 5.33. The Balaban J connectivity index is 2.08. The molecule has 0 spiro atoms. The van der Waals surface area contributed by atoms with Gasteiger partial charge in [0.05, 0.1) is 13.1 Å². The van der Waals surface area contributed by atoms with Crippen molar-refractivity contribution in [2.75, 3.05) is 13.1 Å². The quantitative estimate of drug-likeness (QED) is 0.535. The first-order valence-electron chi connectivity index (χ1n) is 5.77. The minimum atomic E-state index is 0.114. The number of aliphatic imine (C=N–C) groups is 2. The topological polar surface area (TPSA) is 58.9 Å². The summed E-state index contributed by atoms with van der Waals surface area (Å²) in [6.45, 7) is 3.35. The number of carbonyl (C=O) groups excluding carboxylic acids is 2. The van der Waals surface area contributed by atoms with Crippen molar-refractivity contribution in [2.45, 2.75) is 26.2 Å². The molecule has 0 aromatic carbocycles. The van der Waals surface area contributed by atoms with Crippen LogP contribution in [0.15, 0.2) is 9.98 Å². The number of hydrogen-bond acceptors (Lipinski definition) is 4. The zero-order chi connectivity index (χ0) is 11.6. The summed E-state index contributed by atoms with van der Waals surface area (Å²) in [5.41, 5.74) is 0.114. The van der Waals surface area contributed by atoms with Crippen LogP contribution in [-0.2, 0) is 9.59 Å². The van der Waals surface area contributed by atoms with Crippen molar-refractivity contribution >= 4 is 12.2 Å². The minimum Gasteiger partial charge on any atom is -0.211 e. The number of hydrogen-bond donors (Lipinski definition) is 0. The van der Waals surface area contributed by atoms with E-state index in [-0.39, 0.29) is 5.41 Å². The van der Waals surface area contributed by atoms with E-state index in [1.54, 1.807) is 12.2 Å². The van der Waals surface area contributed by atoms with Crippen molar-refractivity contribution in [2.24, 2.45) is 33.2 Å². The van der Waals surface area contributed by atoms with Crippen LogP contribution in [0.5, 0.6) is 0 Å². The maximum Gasteiger partial charge on any atom is 0.234 e. The molecule has 16 heavy (non-hydrogen) atoms. The number of isocyanates is 2. The molecule has 0 aliphatic heterocycles. The molecule has 2 aliphatic carbocycles. The van der Waals surface area contributed by atoms with Gasteiger partial charge in [-0.05, 0) is 42.4 Å². The van der Waals surface area contributed by atoms with Crippen molar-refractivity contribution in [1.29, 1.82) is 0 Å². The van der Waals surface area contributed by atoms with E-state index in [9.17, 15) is 9.59 Å². The molecule has 0 radical (unpaired) electrons. The normalized spacial score (nSPS) is 40.2. The van der Waals surface area contributed by atoms with E-state index in [0.29, 0.717) is 24.9 Å². The fourth-order valence-corrected chi connectivity index (χ4v) is 3.82. The number of rotatable bonds is 4. The van der Waals surface area contributed by atoms with E-state index in [1.807, 2.05) is 0 Å². The van der Waals surface area contributed by atoms with E-state index in [1.165, 1.54) is 6.42 Å². The van der Waals surface area contributed by atoms with Gasteiger partial charge >= 0.3 is 0 Å². The third kappa shape index (κ3) is 1.87. The van der Waals surface area contributed by atoms with Crippen LogP contribution in [0.2, 0.25) is 0 Å². The Kier molecular flexibility index (Phi) is 3.04. The highest BCUT2D eigenvalue weighted by Gasteiger charge is 2.52. The van der Waals surface area contributed by atoms with Crippen molar-refractivity contribution in [1.82, 2.24) is 0 Å². The smallest absolute Gasteiger partial charge is 0.211 e.